The van der Waals surface area contributed by atoms with Crippen LogP contribution in [0, 0.1) is 17.0 Å². The van der Waals surface area contributed by atoms with Crippen molar-refractivity contribution < 1.29 is 22.0 Å². The van der Waals surface area contributed by atoms with Gasteiger partial charge in [-0.1, -0.05) is 18.2 Å². The highest BCUT2D eigenvalue weighted by Crippen LogP contribution is 2.28. The molecule has 2 aromatic rings. The number of anilines is 1. The van der Waals surface area contributed by atoms with Crippen molar-refractivity contribution in [1.82, 2.24) is 15.3 Å². The molecule has 1 fully saturated rings. The molecule has 1 aliphatic rings. The summed E-state index contributed by atoms with van der Waals surface area (Å²) in [6, 6.07) is 6.09. The van der Waals surface area contributed by atoms with E-state index in [2.05, 4.69) is 15.3 Å². The minimum Gasteiger partial charge on any atom is -0.378 e. The highest BCUT2D eigenvalue weighted by Gasteiger charge is 2.41. The van der Waals surface area contributed by atoms with Gasteiger partial charge in [-0.3, -0.25) is 10.2 Å². The summed E-state index contributed by atoms with van der Waals surface area (Å²) in [5.41, 5.74) is 0.133. The van der Waals surface area contributed by atoms with Crippen LogP contribution in [0.15, 0.2) is 42.2 Å². The highest BCUT2D eigenvalue weighted by molar-refractivity contribution is 7.92. The highest BCUT2D eigenvalue weighted by atomic mass is 32.2. The molecule has 33 heavy (non-hydrogen) atoms. The lowest BCUT2D eigenvalue weighted by Crippen LogP contribution is -2.53. The molecule has 0 aliphatic carbocycles. The van der Waals surface area contributed by atoms with E-state index in [1.54, 1.807) is 32.0 Å². The fourth-order valence-electron chi connectivity index (χ4n) is 3.35. The van der Waals surface area contributed by atoms with Crippen molar-refractivity contribution in [3.8, 4) is 0 Å². The number of hydrogen-bond donors (Lipinski definition) is 2. The Morgan fingerprint density at radius 2 is 1.97 bits per heavy atom. The first-order valence-corrected chi connectivity index (χ1v) is 11.8. The molecule has 0 unspecified atom stereocenters. The van der Waals surface area contributed by atoms with Crippen molar-refractivity contribution in [2.75, 3.05) is 23.7 Å². The third-order valence-electron chi connectivity index (χ3n) is 5.40. The predicted octanol–water partition coefficient (Wildman–Crippen LogP) is 2.40. The fraction of sp³-hybridized carbons (Fsp3) is 0.364. The molecule has 0 bridgehead atoms. The monoisotopic (exact) mass is 477 g/mol. The molecule has 11 heteroatoms. The number of benzene rings is 1. The summed E-state index contributed by atoms with van der Waals surface area (Å²) in [7, 11) is -3.33. The topological polar surface area (TPSA) is 116 Å². The minimum atomic E-state index is -3.33. The SMILES string of the molecule is CC(=O)/C(=C/C(=N)c1ncc(F)c(N2CCS(=O)(=O)C(C)(C)C2)n1)NCc1ccccc1F. The van der Waals surface area contributed by atoms with Crippen LogP contribution in [0.3, 0.4) is 0 Å². The van der Waals surface area contributed by atoms with E-state index in [0.717, 1.165) is 6.20 Å². The quantitative estimate of drug-likeness (QED) is 0.465. The fourth-order valence-corrected chi connectivity index (χ4v) is 4.72. The van der Waals surface area contributed by atoms with Gasteiger partial charge in [-0.05, 0) is 26.0 Å². The second-order valence-electron chi connectivity index (χ2n) is 8.34. The van der Waals surface area contributed by atoms with Crippen LogP contribution in [0.4, 0.5) is 14.6 Å². The molecule has 176 valence electrons. The van der Waals surface area contributed by atoms with E-state index in [4.69, 9.17) is 5.41 Å². The maximum absolute atomic E-state index is 14.5. The number of sulfone groups is 1. The number of nitrogens with zero attached hydrogens (tertiary/aromatic N) is 3. The van der Waals surface area contributed by atoms with Crippen LogP contribution < -0.4 is 10.2 Å². The lowest BCUT2D eigenvalue weighted by molar-refractivity contribution is -0.114. The van der Waals surface area contributed by atoms with E-state index in [1.807, 2.05) is 0 Å². The lowest BCUT2D eigenvalue weighted by Gasteiger charge is -2.38. The van der Waals surface area contributed by atoms with Gasteiger partial charge in [0.25, 0.3) is 0 Å². The van der Waals surface area contributed by atoms with E-state index in [-0.39, 0.29) is 54.2 Å². The third-order valence-corrected chi connectivity index (χ3v) is 7.94. The van der Waals surface area contributed by atoms with Crippen LogP contribution in [-0.4, -0.2) is 53.5 Å². The Morgan fingerprint density at radius 3 is 2.61 bits per heavy atom. The van der Waals surface area contributed by atoms with Gasteiger partial charge >= 0.3 is 0 Å². The largest absolute Gasteiger partial charge is 0.378 e. The van der Waals surface area contributed by atoms with Crippen molar-refractivity contribution in [1.29, 1.82) is 5.41 Å². The zero-order chi connectivity index (χ0) is 24.4. The molecule has 0 saturated carbocycles. The Bertz CT molecular complexity index is 1230. The van der Waals surface area contributed by atoms with E-state index >= 15 is 0 Å². The maximum atomic E-state index is 14.5. The first-order chi connectivity index (χ1) is 15.4. The zero-order valence-electron chi connectivity index (χ0n) is 18.5. The van der Waals surface area contributed by atoms with Crippen LogP contribution in [0.25, 0.3) is 0 Å². The van der Waals surface area contributed by atoms with Gasteiger partial charge in [0.05, 0.1) is 22.4 Å². The van der Waals surface area contributed by atoms with Gasteiger partial charge in [0.15, 0.2) is 33.1 Å². The summed E-state index contributed by atoms with van der Waals surface area (Å²) >= 11 is 0. The maximum Gasteiger partial charge on any atom is 0.183 e. The van der Waals surface area contributed by atoms with Crippen molar-refractivity contribution in [2.45, 2.75) is 32.1 Å². The Labute approximate surface area is 191 Å². The Morgan fingerprint density at radius 1 is 1.27 bits per heavy atom. The van der Waals surface area contributed by atoms with Gasteiger partial charge < -0.3 is 10.2 Å². The number of allylic oxidation sites excluding steroid dienone is 2. The van der Waals surface area contributed by atoms with E-state index in [0.29, 0.717) is 5.56 Å². The number of halogens is 2. The molecule has 1 aromatic carbocycles. The second-order valence-corrected chi connectivity index (χ2v) is 11.1. The molecule has 3 rings (SSSR count). The number of aromatic nitrogens is 2. The van der Waals surface area contributed by atoms with Gasteiger partial charge in [0, 0.05) is 32.1 Å². The smallest absolute Gasteiger partial charge is 0.183 e. The first-order valence-electron chi connectivity index (χ1n) is 10.2. The number of ketones is 1. The van der Waals surface area contributed by atoms with Gasteiger partial charge in [0.1, 0.15) is 11.5 Å². The molecule has 0 radical (unpaired) electrons. The van der Waals surface area contributed by atoms with Crippen LogP contribution in [0.1, 0.15) is 32.2 Å². The number of nitrogens with one attached hydrogen (secondary N) is 2. The average molecular weight is 478 g/mol. The third kappa shape index (κ3) is 5.41. The summed E-state index contributed by atoms with van der Waals surface area (Å²) in [5, 5.41) is 11.1. The van der Waals surface area contributed by atoms with Crippen LogP contribution >= 0.6 is 0 Å². The standard InChI is InChI=1S/C22H25F2N5O3S/c1-14(30)19(26-11-15-6-4-5-7-16(15)23)10-18(25)20-27-12-17(24)21(28-20)29-8-9-33(31,32)22(2,3)13-29/h4-7,10,12,25-26H,8-9,11,13H2,1-3H3/b19-10-,25-18?. The normalized spacial score (nSPS) is 17.5. The predicted molar refractivity (Wildman–Crippen MR) is 121 cm³/mol. The van der Waals surface area contributed by atoms with Crippen molar-refractivity contribution in [3.63, 3.8) is 0 Å². The van der Waals surface area contributed by atoms with Crippen LogP contribution in [0.5, 0.6) is 0 Å². The minimum absolute atomic E-state index is 0.0260. The van der Waals surface area contributed by atoms with E-state index in [9.17, 15) is 22.0 Å². The van der Waals surface area contributed by atoms with Crippen LogP contribution in [0.2, 0.25) is 0 Å². The number of Topliss-reactive ketones (excluding diaryl/α,β-unsaturated/α-hetero) is 1. The molecule has 1 aliphatic heterocycles. The molecule has 1 saturated heterocycles. The lowest BCUT2D eigenvalue weighted by atomic mass is 10.1. The summed E-state index contributed by atoms with van der Waals surface area (Å²) < 4.78 is 51.8. The first kappa shape index (κ1) is 24.4. The molecule has 8 nitrogen and oxygen atoms in total. The molecule has 1 aromatic heterocycles. The molecular formula is C22H25F2N5O3S. The van der Waals surface area contributed by atoms with E-state index < -0.39 is 26.2 Å². The summed E-state index contributed by atoms with van der Waals surface area (Å²) in [6.45, 7) is 4.55. The Balaban J connectivity index is 1.83. The summed E-state index contributed by atoms with van der Waals surface area (Å²) in [6.07, 6.45) is 2.11. The second kappa shape index (κ2) is 9.34. The van der Waals surface area contributed by atoms with Crippen molar-refractivity contribution in [3.05, 3.63) is 65.3 Å². The van der Waals surface area contributed by atoms with Crippen molar-refractivity contribution >= 4 is 27.2 Å². The molecular weight excluding hydrogens is 452 g/mol. The molecule has 0 spiro atoms. The number of carbonyl (C=O) groups excluding carboxylic acids is 1. The molecule has 0 atom stereocenters. The average Bonchev–Trinajstić information content (AvgIpc) is 2.74. The van der Waals surface area contributed by atoms with Crippen LogP contribution in [-0.2, 0) is 21.2 Å². The van der Waals surface area contributed by atoms with Gasteiger partial charge in [-0.2, -0.15) is 0 Å². The molecule has 2 N–H and O–H groups in total. The van der Waals surface area contributed by atoms with Gasteiger partial charge in [0.2, 0.25) is 0 Å². The number of carbonyl (C=O) groups is 1. The zero-order valence-corrected chi connectivity index (χ0v) is 19.3. The van der Waals surface area contributed by atoms with Gasteiger partial charge in [-0.15, -0.1) is 0 Å². The Hall–Kier alpha value is -3.21. The summed E-state index contributed by atoms with van der Waals surface area (Å²) in [4.78, 5) is 21.5. The molecule has 2 heterocycles. The summed E-state index contributed by atoms with van der Waals surface area (Å²) in [5.74, 6) is -1.95. The molecule has 0 amide bonds. The Kier molecular flexibility index (Phi) is 6.92. The van der Waals surface area contributed by atoms with Crippen molar-refractivity contribution in [2.24, 2.45) is 0 Å². The number of hydrogen-bond acceptors (Lipinski definition) is 8. The van der Waals surface area contributed by atoms with Gasteiger partial charge in [-0.25, -0.2) is 27.2 Å². The van der Waals surface area contributed by atoms with E-state index in [1.165, 1.54) is 24.0 Å². The number of rotatable bonds is 7.